The van der Waals surface area contributed by atoms with E-state index in [0.29, 0.717) is 5.75 Å². The Morgan fingerprint density at radius 2 is 1.92 bits per heavy atom. The van der Waals surface area contributed by atoms with E-state index in [1.54, 1.807) is 12.1 Å². The Hall–Kier alpha value is -1.91. The first-order valence-electron chi connectivity index (χ1n) is 8.60. The maximum Gasteiger partial charge on any atom is 0.126 e. The molecular weight excluding hydrogens is 305 g/mol. The smallest absolute Gasteiger partial charge is 0.126 e. The number of benzene rings is 2. The number of rotatable bonds is 6. The number of aliphatic hydroxyl groups is 1. The minimum Gasteiger partial charge on any atom is -0.488 e. The number of hydrogen-bond donors (Lipinski definition) is 2. The third kappa shape index (κ3) is 4.56. The molecule has 2 N–H and O–H groups in total. The highest BCUT2D eigenvalue weighted by Crippen LogP contribution is 2.25. The molecule has 0 aliphatic heterocycles. The summed E-state index contributed by atoms with van der Waals surface area (Å²) < 4.78 is 19.1. The third-order valence-corrected chi connectivity index (χ3v) is 4.54. The lowest BCUT2D eigenvalue weighted by atomic mass is 9.89. The van der Waals surface area contributed by atoms with E-state index in [9.17, 15) is 9.50 Å². The van der Waals surface area contributed by atoms with Gasteiger partial charge in [0.2, 0.25) is 0 Å². The van der Waals surface area contributed by atoms with E-state index in [4.69, 9.17) is 4.74 Å². The van der Waals surface area contributed by atoms with Crippen molar-refractivity contribution in [2.45, 2.75) is 43.9 Å². The van der Waals surface area contributed by atoms with E-state index in [1.165, 1.54) is 17.7 Å². The predicted octanol–water partition coefficient (Wildman–Crippen LogP) is 3.32. The molecule has 0 aromatic heterocycles. The first-order valence-corrected chi connectivity index (χ1v) is 8.60. The Bertz CT molecular complexity index is 635. The fourth-order valence-corrected chi connectivity index (χ4v) is 3.25. The van der Waals surface area contributed by atoms with Crippen LogP contribution >= 0.6 is 0 Å². The molecular formula is C20H24FNO2. The van der Waals surface area contributed by atoms with Crippen LogP contribution in [-0.2, 0) is 6.42 Å². The second kappa shape index (κ2) is 8.27. The van der Waals surface area contributed by atoms with Crippen molar-refractivity contribution < 1.29 is 14.2 Å². The van der Waals surface area contributed by atoms with Gasteiger partial charge in [-0.15, -0.1) is 0 Å². The Morgan fingerprint density at radius 1 is 1.08 bits per heavy atom. The molecule has 1 aliphatic rings. The van der Waals surface area contributed by atoms with Gasteiger partial charge in [-0.05, 0) is 49.9 Å². The van der Waals surface area contributed by atoms with Gasteiger partial charge in [-0.3, -0.25) is 0 Å². The second-order valence-electron chi connectivity index (χ2n) is 6.33. The number of hydrogen-bond acceptors (Lipinski definition) is 3. The summed E-state index contributed by atoms with van der Waals surface area (Å²) in [7, 11) is 0. The van der Waals surface area contributed by atoms with Gasteiger partial charge in [-0.2, -0.15) is 0 Å². The lowest BCUT2D eigenvalue weighted by Crippen LogP contribution is -2.51. The topological polar surface area (TPSA) is 41.5 Å². The number of halogens is 1. The van der Waals surface area contributed by atoms with Crippen LogP contribution in [0.4, 0.5) is 4.39 Å². The molecule has 0 radical (unpaired) electrons. The van der Waals surface area contributed by atoms with Crippen molar-refractivity contribution in [2.75, 3.05) is 6.54 Å². The van der Waals surface area contributed by atoms with Crippen LogP contribution in [0.15, 0.2) is 54.6 Å². The summed E-state index contributed by atoms with van der Waals surface area (Å²) >= 11 is 0. The van der Waals surface area contributed by atoms with Crippen molar-refractivity contribution in [3.63, 3.8) is 0 Å². The molecule has 0 saturated heterocycles. The van der Waals surface area contributed by atoms with Crippen molar-refractivity contribution in [2.24, 2.45) is 0 Å². The molecule has 1 fully saturated rings. The summed E-state index contributed by atoms with van der Waals surface area (Å²) in [6.45, 7) is 0.818. The van der Waals surface area contributed by atoms with Crippen molar-refractivity contribution in [1.29, 1.82) is 0 Å². The highest BCUT2D eigenvalue weighted by molar-refractivity contribution is 5.23. The van der Waals surface area contributed by atoms with Crippen LogP contribution in [-0.4, -0.2) is 29.9 Å². The molecule has 24 heavy (non-hydrogen) atoms. The lowest BCUT2D eigenvalue weighted by molar-refractivity contribution is -0.0152. The molecule has 0 amide bonds. The van der Waals surface area contributed by atoms with Crippen LogP contribution in [0.3, 0.4) is 0 Å². The van der Waals surface area contributed by atoms with E-state index in [1.807, 2.05) is 18.2 Å². The number of ether oxygens (including phenoxy) is 1. The highest BCUT2D eigenvalue weighted by Gasteiger charge is 2.33. The molecule has 3 rings (SSSR count). The van der Waals surface area contributed by atoms with Gasteiger partial charge in [-0.25, -0.2) is 4.39 Å². The summed E-state index contributed by atoms with van der Waals surface area (Å²) in [5.74, 6) is 0.152. The highest BCUT2D eigenvalue weighted by atomic mass is 19.1. The standard InChI is InChI=1S/C20H24FNO2/c21-16-8-4-9-17(14-16)24-19-11-5-10-18(20(19)23)22-13-12-15-6-2-1-3-7-15/h1-4,6-9,14,18-20,22-23H,5,10-13H2/t18-,19+,20+/m0/s1. The molecule has 0 spiro atoms. The largest absolute Gasteiger partial charge is 0.488 e. The fraction of sp³-hybridized carbons (Fsp3) is 0.400. The maximum absolute atomic E-state index is 13.3. The SMILES string of the molecule is O[C@@H]1[C@@H](NCCc2ccccc2)CCC[C@H]1Oc1cccc(F)c1. The van der Waals surface area contributed by atoms with Crippen LogP contribution < -0.4 is 10.1 Å². The molecule has 1 saturated carbocycles. The normalized spacial score (nSPS) is 23.8. The fourth-order valence-electron chi connectivity index (χ4n) is 3.25. The Balaban J connectivity index is 1.51. The van der Waals surface area contributed by atoms with Crippen molar-refractivity contribution in [3.05, 3.63) is 66.0 Å². The summed E-state index contributed by atoms with van der Waals surface area (Å²) in [6, 6.07) is 16.4. The summed E-state index contributed by atoms with van der Waals surface area (Å²) in [5.41, 5.74) is 1.28. The maximum atomic E-state index is 13.3. The zero-order chi connectivity index (χ0) is 16.8. The van der Waals surface area contributed by atoms with Crippen LogP contribution in [0.5, 0.6) is 5.75 Å². The molecule has 0 heterocycles. The molecule has 128 valence electrons. The monoisotopic (exact) mass is 329 g/mol. The Morgan fingerprint density at radius 3 is 2.71 bits per heavy atom. The van der Waals surface area contributed by atoms with Gasteiger partial charge in [0.1, 0.15) is 23.8 Å². The molecule has 1 aliphatic carbocycles. The van der Waals surface area contributed by atoms with Gasteiger partial charge in [0, 0.05) is 12.1 Å². The van der Waals surface area contributed by atoms with Gasteiger partial charge in [0.05, 0.1) is 0 Å². The van der Waals surface area contributed by atoms with E-state index in [-0.39, 0.29) is 18.0 Å². The number of aliphatic hydroxyl groups excluding tert-OH is 1. The second-order valence-corrected chi connectivity index (χ2v) is 6.33. The zero-order valence-corrected chi connectivity index (χ0v) is 13.7. The molecule has 4 heteroatoms. The van der Waals surface area contributed by atoms with Gasteiger partial charge in [0.15, 0.2) is 0 Å². The Kier molecular flexibility index (Phi) is 5.83. The summed E-state index contributed by atoms with van der Waals surface area (Å²) in [6.07, 6.45) is 2.75. The minimum absolute atomic E-state index is 0.0148. The Labute approximate surface area is 142 Å². The third-order valence-electron chi connectivity index (χ3n) is 4.54. The average molecular weight is 329 g/mol. The lowest BCUT2D eigenvalue weighted by Gasteiger charge is -2.35. The van der Waals surface area contributed by atoms with Crippen LogP contribution in [0.1, 0.15) is 24.8 Å². The molecule has 3 atom stereocenters. The van der Waals surface area contributed by atoms with Crippen LogP contribution in [0.2, 0.25) is 0 Å². The van der Waals surface area contributed by atoms with Gasteiger partial charge < -0.3 is 15.2 Å². The predicted molar refractivity (Wildman–Crippen MR) is 92.6 cm³/mol. The van der Waals surface area contributed by atoms with E-state index >= 15 is 0 Å². The first-order chi connectivity index (χ1) is 11.7. The van der Waals surface area contributed by atoms with Crippen LogP contribution in [0.25, 0.3) is 0 Å². The number of nitrogens with one attached hydrogen (secondary N) is 1. The van der Waals surface area contributed by atoms with Gasteiger partial charge in [-0.1, -0.05) is 36.4 Å². The first kappa shape index (κ1) is 16.9. The molecule has 3 nitrogen and oxygen atoms in total. The molecule has 2 aromatic rings. The summed E-state index contributed by atoms with van der Waals surface area (Å²) in [5, 5.41) is 14.0. The van der Waals surface area contributed by atoms with Crippen molar-refractivity contribution in [1.82, 2.24) is 5.32 Å². The van der Waals surface area contributed by atoms with Crippen LogP contribution in [0, 0.1) is 5.82 Å². The zero-order valence-electron chi connectivity index (χ0n) is 13.7. The van der Waals surface area contributed by atoms with Crippen molar-refractivity contribution >= 4 is 0 Å². The van der Waals surface area contributed by atoms with Crippen molar-refractivity contribution in [3.8, 4) is 5.75 Å². The summed E-state index contributed by atoms with van der Waals surface area (Å²) in [4.78, 5) is 0. The quantitative estimate of drug-likeness (QED) is 0.854. The molecule has 0 bridgehead atoms. The van der Waals surface area contributed by atoms with Gasteiger partial charge in [0.25, 0.3) is 0 Å². The van der Waals surface area contributed by atoms with Gasteiger partial charge >= 0.3 is 0 Å². The van der Waals surface area contributed by atoms with E-state index < -0.39 is 6.10 Å². The average Bonchev–Trinajstić information content (AvgIpc) is 2.59. The van der Waals surface area contributed by atoms with E-state index in [0.717, 1.165) is 32.2 Å². The molecule has 2 aromatic carbocycles. The minimum atomic E-state index is -0.585. The molecule has 0 unspecified atom stereocenters. The van der Waals surface area contributed by atoms with E-state index in [2.05, 4.69) is 17.4 Å².